The molecule has 0 aromatic heterocycles. The van der Waals surface area contributed by atoms with Crippen molar-refractivity contribution in [3.63, 3.8) is 0 Å². The Hall–Kier alpha value is -2.53. The number of carbonyl (C=O) groups is 1. The van der Waals surface area contributed by atoms with Crippen molar-refractivity contribution in [1.29, 1.82) is 0 Å². The maximum atomic E-state index is 11.6. The maximum Gasteiger partial charge on any atom is 0.319 e. The molecule has 0 aliphatic carbocycles. The predicted molar refractivity (Wildman–Crippen MR) is 81.8 cm³/mol. The van der Waals surface area contributed by atoms with Gasteiger partial charge in [0.2, 0.25) is 0 Å². The molecule has 0 fully saturated rings. The Morgan fingerprint density at radius 2 is 1.86 bits per heavy atom. The molecule has 5 nitrogen and oxygen atoms in total. The Kier molecular flexibility index (Phi) is 5.17. The number of hydrogen-bond acceptors (Lipinski definition) is 3. The number of para-hydroxylation sites is 2. The average molecular weight is 286 g/mol. The van der Waals surface area contributed by atoms with Gasteiger partial charge in [0.25, 0.3) is 0 Å². The lowest BCUT2D eigenvalue weighted by Crippen LogP contribution is -2.31. The zero-order valence-corrected chi connectivity index (χ0v) is 11.8. The predicted octanol–water partition coefficient (Wildman–Crippen LogP) is 2.90. The summed E-state index contributed by atoms with van der Waals surface area (Å²) in [4.78, 5) is 11.6. The van der Waals surface area contributed by atoms with E-state index in [-0.39, 0.29) is 19.2 Å². The minimum absolute atomic E-state index is 0.102. The number of urea groups is 1. The van der Waals surface area contributed by atoms with Crippen molar-refractivity contribution >= 4 is 11.7 Å². The number of amides is 2. The fraction of sp³-hybridized carbons (Fsp3) is 0.188. The summed E-state index contributed by atoms with van der Waals surface area (Å²) in [6, 6.07) is 14.5. The molecule has 0 atom stereocenters. The van der Waals surface area contributed by atoms with Crippen LogP contribution >= 0.6 is 0 Å². The van der Waals surface area contributed by atoms with Gasteiger partial charge in [-0.05, 0) is 31.2 Å². The second-order valence-electron chi connectivity index (χ2n) is 4.52. The minimum Gasteiger partial charge on any atom is -0.455 e. The largest absolute Gasteiger partial charge is 0.455 e. The molecule has 0 bridgehead atoms. The molecule has 0 aliphatic heterocycles. The highest BCUT2D eigenvalue weighted by atomic mass is 16.5. The van der Waals surface area contributed by atoms with E-state index in [1.165, 1.54) is 0 Å². The number of ether oxygens (including phenoxy) is 1. The zero-order chi connectivity index (χ0) is 15.1. The van der Waals surface area contributed by atoms with Crippen LogP contribution in [-0.4, -0.2) is 24.3 Å². The van der Waals surface area contributed by atoms with E-state index in [1.807, 2.05) is 43.3 Å². The normalized spacial score (nSPS) is 10.0. The number of anilines is 1. The van der Waals surface area contributed by atoms with Crippen molar-refractivity contribution in [3.8, 4) is 11.5 Å². The van der Waals surface area contributed by atoms with E-state index in [0.717, 1.165) is 5.56 Å². The number of aryl methyl sites for hydroxylation is 1. The second kappa shape index (κ2) is 7.31. The molecule has 0 heterocycles. The first-order valence-electron chi connectivity index (χ1n) is 6.68. The summed E-state index contributed by atoms with van der Waals surface area (Å²) in [5.74, 6) is 1.26. The van der Waals surface area contributed by atoms with Crippen LogP contribution in [0, 0.1) is 6.92 Å². The summed E-state index contributed by atoms with van der Waals surface area (Å²) in [6.07, 6.45) is 0. The van der Waals surface area contributed by atoms with Crippen molar-refractivity contribution in [3.05, 3.63) is 54.1 Å². The van der Waals surface area contributed by atoms with Crippen LogP contribution in [-0.2, 0) is 0 Å². The summed E-state index contributed by atoms with van der Waals surface area (Å²) >= 11 is 0. The first-order valence-corrected chi connectivity index (χ1v) is 6.68. The molecular formula is C16H18N2O3. The van der Waals surface area contributed by atoms with Crippen molar-refractivity contribution in [2.45, 2.75) is 6.92 Å². The highest BCUT2D eigenvalue weighted by Gasteiger charge is 2.07. The Morgan fingerprint density at radius 3 is 2.57 bits per heavy atom. The van der Waals surface area contributed by atoms with Crippen LogP contribution in [0.2, 0.25) is 0 Å². The monoisotopic (exact) mass is 286 g/mol. The van der Waals surface area contributed by atoms with Gasteiger partial charge in [0, 0.05) is 6.54 Å². The van der Waals surface area contributed by atoms with Crippen LogP contribution in [0.1, 0.15) is 5.56 Å². The van der Waals surface area contributed by atoms with Crippen molar-refractivity contribution < 1.29 is 14.6 Å². The molecule has 2 aromatic rings. The van der Waals surface area contributed by atoms with Crippen LogP contribution in [0.5, 0.6) is 11.5 Å². The van der Waals surface area contributed by atoms with Crippen LogP contribution in [0.4, 0.5) is 10.5 Å². The van der Waals surface area contributed by atoms with Crippen LogP contribution in [0.3, 0.4) is 0 Å². The second-order valence-corrected chi connectivity index (χ2v) is 4.52. The molecule has 2 rings (SSSR count). The number of benzene rings is 2. The number of carbonyl (C=O) groups excluding carboxylic acids is 1. The van der Waals surface area contributed by atoms with Gasteiger partial charge in [-0.2, -0.15) is 0 Å². The summed E-state index contributed by atoms with van der Waals surface area (Å²) < 4.78 is 5.78. The van der Waals surface area contributed by atoms with Gasteiger partial charge in [0.05, 0.1) is 12.3 Å². The summed E-state index contributed by atoms with van der Waals surface area (Å²) in [5, 5.41) is 13.9. The van der Waals surface area contributed by atoms with E-state index < -0.39 is 0 Å². The summed E-state index contributed by atoms with van der Waals surface area (Å²) in [5.41, 5.74) is 1.71. The lowest BCUT2D eigenvalue weighted by atomic mass is 10.2. The molecule has 0 spiro atoms. The van der Waals surface area contributed by atoms with Gasteiger partial charge >= 0.3 is 6.03 Å². The van der Waals surface area contributed by atoms with Crippen molar-refractivity contribution in [1.82, 2.24) is 5.32 Å². The van der Waals surface area contributed by atoms with E-state index in [1.54, 1.807) is 12.1 Å². The van der Waals surface area contributed by atoms with Gasteiger partial charge in [-0.1, -0.05) is 29.8 Å². The third-order valence-corrected chi connectivity index (χ3v) is 2.78. The topological polar surface area (TPSA) is 70.6 Å². The fourth-order valence-corrected chi connectivity index (χ4v) is 1.73. The highest BCUT2D eigenvalue weighted by molar-refractivity contribution is 5.90. The SMILES string of the molecule is Cc1ccc(Oc2ccccc2NC(=O)NCCO)cc1. The van der Waals surface area contributed by atoms with Gasteiger partial charge in [-0.15, -0.1) is 0 Å². The van der Waals surface area contributed by atoms with E-state index in [0.29, 0.717) is 17.2 Å². The first kappa shape index (κ1) is 14.9. The molecule has 0 aliphatic rings. The molecule has 0 radical (unpaired) electrons. The summed E-state index contributed by atoms with van der Waals surface area (Å²) in [7, 11) is 0. The molecule has 5 heteroatoms. The highest BCUT2D eigenvalue weighted by Crippen LogP contribution is 2.29. The molecule has 21 heavy (non-hydrogen) atoms. The van der Waals surface area contributed by atoms with Gasteiger partial charge in [0.15, 0.2) is 5.75 Å². The first-order chi connectivity index (χ1) is 10.2. The number of aliphatic hydroxyl groups is 1. The Balaban J connectivity index is 2.09. The smallest absolute Gasteiger partial charge is 0.319 e. The zero-order valence-electron chi connectivity index (χ0n) is 11.8. The van der Waals surface area contributed by atoms with E-state index in [4.69, 9.17) is 9.84 Å². The standard InChI is InChI=1S/C16H18N2O3/c1-12-6-8-13(9-7-12)21-15-5-3-2-4-14(15)18-16(20)17-10-11-19/h2-9,19H,10-11H2,1H3,(H2,17,18,20). The lowest BCUT2D eigenvalue weighted by Gasteiger charge is -2.12. The average Bonchev–Trinajstić information content (AvgIpc) is 2.49. The number of aliphatic hydroxyl groups excluding tert-OH is 1. The van der Waals surface area contributed by atoms with Gasteiger partial charge in [-0.25, -0.2) is 4.79 Å². The van der Waals surface area contributed by atoms with Gasteiger partial charge in [0.1, 0.15) is 5.75 Å². The minimum atomic E-state index is -0.385. The van der Waals surface area contributed by atoms with E-state index in [9.17, 15) is 4.79 Å². The van der Waals surface area contributed by atoms with Gasteiger partial charge < -0.3 is 20.5 Å². The number of hydrogen-bond donors (Lipinski definition) is 3. The van der Waals surface area contributed by atoms with E-state index >= 15 is 0 Å². The lowest BCUT2D eigenvalue weighted by molar-refractivity contribution is 0.244. The Bertz CT molecular complexity index is 597. The van der Waals surface area contributed by atoms with Crippen molar-refractivity contribution in [2.24, 2.45) is 0 Å². The molecule has 2 amide bonds. The van der Waals surface area contributed by atoms with Gasteiger partial charge in [-0.3, -0.25) is 0 Å². The molecule has 0 saturated heterocycles. The molecule has 0 unspecified atom stereocenters. The number of rotatable bonds is 5. The molecule has 2 aromatic carbocycles. The van der Waals surface area contributed by atoms with Crippen LogP contribution < -0.4 is 15.4 Å². The third kappa shape index (κ3) is 4.50. The molecular weight excluding hydrogens is 268 g/mol. The Labute approximate surface area is 123 Å². The molecule has 3 N–H and O–H groups in total. The maximum absolute atomic E-state index is 11.6. The molecule has 110 valence electrons. The Morgan fingerprint density at radius 1 is 1.14 bits per heavy atom. The number of nitrogens with one attached hydrogen (secondary N) is 2. The van der Waals surface area contributed by atoms with Crippen LogP contribution in [0.15, 0.2) is 48.5 Å². The fourth-order valence-electron chi connectivity index (χ4n) is 1.73. The summed E-state index contributed by atoms with van der Waals surface area (Å²) in [6.45, 7) is 2.10. The van der Waals surface area contributed by atoms with Crippen LogP contribution in [0.25, 0.3) is 0 Å². The van der Waals surface area contributed by atoms with Crippen molar-refractivity contribution in [2.75, 3.05) is 18.5 Å². The van der Waals surface area contributed by atoms with E-state index in [2.05, 4.69) is 10.6 Å². The molecule has 0 saturated carbocycles. The third-order valence-electron chi connectivity index (χ3n) is 2.78. The quantitative estimate of drug-likeness (QED) is 0.791.